The van der Waals surface area contributed by atoms with Crippen LogP contribution in [0.4, 0.5) is 5.69 Å². The van der Waals surface area contributed by atoms with Gasteiger partial charge in [-0.25, -0.2) is 4.98 Å². The van der Waals surface area contributed by atoms with Crippen LogP contribution in [0.3, 0.4) is 0 Å². The Morgan fingerprint density at radius 1 is 1.22 bits per heavy atom. The molecular weight excluding hydrogens is 478 g/mol. The van der Waals surface area contributed by atoms with Gasteiger partial charge in [-0.05, 0) is 61.9 Å². The van der Waals surface area contributed by atoms with Gasteiger partial charge in [-0.15, -0.1) is 12.4 Å². The first-order valence-electron chi connectivity index (χ1n) is 12.7. The van der Waals surface area contributed by atoms with E-state index in [4.69, 9.17) is 9.72 Å². The molecule has 3 aliphatic heterocycles. The van der Waals surface area contributed by atoms with Crippen LogP contribution in [0.1, 0.15) is 58.1 Å². The van der Waals surface area contributed by atoms with Gasteiger partial charge >= 0.3 is 0 Å². The van der Waals surface area contributed by atoms with E-state index in [-0.39, 0.29) is 30.1 Å². The third-order valence-electron chi connectivity index (χ3n) is 9.84. The van der Waals surface area contributed by atoms with Crippen LogP contribution in [0.5, 0.6) is 11.5 Å². The zero-order valence-corrected chi connectivity index (χ0v) is 20.4. The lowest BCUT2D eigenvalue weighted by atomic mass is 9.48. The summed E-state index contributed by atoms with van der Waals surface area (Å²) in [4.78, 5) is 20.4. The first-order chi connectivity index (χ1) is 17.0. The number of nitrogens with one attached hydrogen (secondary N) is 1. The van der Waals surface area contributed by atoms with Crippen LogP contribution in [-0.2, 0) is 18.3 Å². The number of benzene rings is 2. The highest BCUT2D eigenvalue weighted by atomic mass is 35.5. The lowest BCUT2D eigenvalue weighted by Gasteiger charge is -2.63. The van der Waals surface area contributed by atoms with Crippen LogP contribution < -0.4 is 10.1 Å². The Bertz CT molecular complexity index is 1540. The number of hydrogen-bond acceptors (Lipinski definition) is 6. The topological polar surface area (TPSA) is 94.9 Å². The molecule has 1 spiro atoms. The normalized spacial score (nSPS) is 32.4. The number of phenols is 1. The van der Waals surface area contributed by atoms with Crippen molar-refractivity contribution in [3.05, 3.63) is 58.3 Å². The number of fused-ring (bicyclic) bond motifs is 3. The quantitative estimate of drug-likeness (QED) is 0.494. The van der Waals surface area contributed by atoms with E-state index in [2.05, 4.69) is 10.2 Å². The van der Waals surface area contributed by atoms with Gasteiger partial charge < -0.3 is 20.3 Å². The van der Waals surface area contributed by atoms with E-state index in [9.17, 15) is 15.0 Å². The molecule has 2 fully saturated rings. The zero-order chi connectivity index (χ0) is 23.3. The molecule has 36 heavy (non-hydrogen) atoms. The van der Waals surface area contributed by atoms with Crippen LogP contribution in [0.2, 0.25) is 0 Å². The number of nitrogens with zero attached hydrogens (tertiary/aromatic N) is 2. The Labute approximate surface area is 213 Å². The SMILES string of the molecule is Cl.O=C1Nc2c3c(nc4cccc1c24)[C@@H]1Oc2c(O)ccc4c2[C@@]12CCN(CC1CC1)[C@H](C4)[C@]2(O)C3. The van der Waals surface area contributed by atoms with Crippen molar-refractivity contribution in [2.75, 3.05) is 18.4 Å². The van der Waals surface area contributed by atoms with Gasteiger partial charge in [0.2, 0.25) is 0 Å². The molecule has 2 aromatic carbocycles. The number of halogens is 1. The molecule has 3 N–H and O–H groups in total. The first kappa shape index (κ1) is 21.2. The van der Waals surface area contributed by atoms with Crippen LogP contribution in [0.15, 0.2) is 30.3 Å². The Kier molecular flexibility index (Phi) is 3.84. The zero-order valence-electron chi connectivity index (χ0n) is 19.6. The van der Waals surface area contributed by atoms with E-state index in [0.717, 1.165) is 65.3 Å². The van der Waals surface area contributed by atoms with Crippen molar-refractivity contribution in [3.63, 3.8) is 0 Å². The number of amides is 1. The standard InChI is InChI=1S/C28H25N3O4.ClH/c32-18-7-6-14-10-19-28(34)11-16-22-20-15(26(33)30-22)2-1-3-17(20)29-23(16)25-27(28,21(14)24(18)35-25)8-9-31(19)12-13-4-5-13;/h1-3,6-7,13,19,25,32,34H,4-5,8-12H2,(H,30,33);1H/t19-,25+,27+,28-;/m1./s1. The second-order valence-corrected chi connectivity index (χ2v) is 11.4. The lowest BCUT2D eigenvalue weighted by molar-refractivity contribution is -0.173. The third-order valence-corrected chi connectivity index (χ3v) is 9.84. The molecule has 0 unspecified atom stereocenters. The summed E-state index contributed by atoms with van der Waals surface area (Å²) in [6.07, 6.45) is 3.92. The average molecular weight is 504 g/mol. The number of hydrogen-bond donors (Lipinski definition) is 3. The summed E-state index contributed by atoms with van der Waals surface area (Å²) in [5, 5.41) is 27.7. The fourth-order valence-corrected chi connectivity index (χ4v) is 8.20. The maximum Gasteiger partial charge on any atom is 0.256 e. The Morgan fingerprint density at radius 2 is 2.08 bits per heavy atom. The molecule has 7 nitrogen and oxygen atoms in total. The summed E-state index contributed by atoms with van der Waals surface area (Å²) in [5.41, 5.74) is 4.23. The number of carbonyl (C=O) groups excluding carboxylic acids is 1. The molecule has 1 saturated heterocycles. The number of carbonyl (C=O) groups is 1. The van der Waals surface area contributed by atoms with Gasteiger partial charge in [-0.2, -0.15) is 0 Å². The molecule has 4 atom stereocenters. The molecule has 2 bridgehead atoms. The minimum atomic E-state index is -1.09. The number of anilines is 1. The minimum Gasteiger partial charge on any atom is -0.504 e. The summed E-state index contributed by atoms with van der Waals surface area (Å²) in [6, 6.07) is 9.34. The lowest BCUT2D eigenvalue weighted by Crippen LogP contribution is -2.74. The number of piperidine rings is 1. The van der Waals surface area contributed by atoms with Crippen molar-refractivity contribution < 1.29 is 19.7 Å². The van der Waals surface area contributed by atoms with Gasteiger partial charge in [0.25, 0.3) is 5.91 Å². The van der Waals surface area contributed by atoms with E-state index in [1.54, 1.807) is 6.07 Å². The summed E-state index contributed by atoms with van der Waals surface area (Å²) in [6.45, 7) is 1.92. The van der Waals surface area contributed by atoms with Gasteiger partial charge in [0.05, 0.1) is 33.5 Å². The van der Waals surface area contributed by atoms with E-state index in [1.807, 2.05) is 24.3 Å². The number of aromatic hydroxyl groups is 1. The van der Waals surface area contributed by atoms with Gasteiger partial charge in [0.15, 0.2) is 17.6 Å². The highest BCUT2D eigenvalue weighted by molar-refractivity contribution is 6.24. The van der Waals surface area contributed by atoms with Gasteiger partial charge in [0.1, 0.15) is 0 Å². The smallest absolute Gasteiger partial charge is 0.256 e. The van der Waals surface area contributed by atoms with E-state index in [1.165, 1.54) is 18.4 Å². The van der Waals surface area contributed by atoms with E-state index < -0.39 is 17.1 Å². The summed E-state index contributed by atoms with van der Waals surface area (Å²) in [7, 11) is 0. The van der Waals surface area contributed by atoms with Crippen LogP contribution in [-0.4, -0.2) is 50.7 Å². The molecule has 184 valence electrons. The van der Waals surface area contributed by atoms with Crippen LogP contribution in [0.25, 0.3) is 10.9 Å². The van der Waals surface area contributed by atoms with E-state index in [0.29, 0.717) is 17.7 Å². The number of aromatic nitrogens is 1. The monoisotopic (exact) mass is 503 g/mol. The van der Waals surface area contributed by atoms with Crippen LogP contribution >= 0.6 is 12.4 Å². The molecule has 9 rings (SSSR count). The minimum absolute atomic E-state index is 0. The fraction of sp³-hybridized carbons (Fsp3) is 0.429. The predicted octanol–water partition coefficient (Wildman–Crippen LogP) is 3.63. The van der Waals surface area contributed by atoms with Crippen molar-refractivity contribution in [3.8, 4) is 11.5 Å². The van der Waals surface area contributed by atoms with Gasteiger partial charge in [-0.3, -0.25) is 9.69 Å². The number of pyridine rings is 1. The van der Waals surface area contributed by atoms with Crippen molar-refractivity contribution in [2.45, 2.75) is 55.3 Å². The number of aliphatic hydroxyl groups is 1. The van der Waals surface area contributed by atoms with Crippen molar-refractivity contribution in [1.29, 1.82) is 0 Å². The Morgan fingerprint density at radius 3 is 2.92 bits per heavy atom. The number of likely N-dealkylation sites (tertiary alicyclic amines) is 1. The predicted molar refractivity (Wildman–Crippen MR) is 135 cm³/mol. The molecule has 1 amide bonds. The third kappa shape index (κ3) is 2.21. The van der Waals surface area contributed by atoms with Gasteiger partial charge in [0, 0.05) is 35.5 Å². The highest BCUT2D eigenvalue weighted by Gasteiger charge is 2.73. The van der Waals surface area contributed by atoms with Crippen molar-refractivity contribution >= 4 is 34.9 Å². The second-order valence-electron chi connectivity index (χ2n) is 11.4. The first-order valence-corrected chi connectivity index (χ1v) is 12.7. The maximum atomic E-state index is 12.9. The average Bonchev–Trinajstić information content (AvgIpc) is 3.49. The molecule has 1 aromatic heterocycles. The number of phenolic OH excluding ortho intramolecular Hbond substituents is 1. The van der Waals surface area contributed by atoms with Crippen molar-refractivity contribution in [1.82, 2.24) is 9.88 Å². The highest BCUT2D eigenvalue weighted by Crippen LogP contribution is 2.69. The summed E-state index contributed by atoms with van der Waals surface area (Å²) >= 11 is 0. The molecule has 6 aliphatic rings. The molecule has 0 radical (unpaired) electrons. The Balaban J connectivity index is 0.00000205. The molecule has 8 heteroatoms. The number of ether oxygens (including phenoxy) is 1. The molecule has 4 heterocycles. The summed E-state index contributed by atoms with van der Waals surface area (Å²) < 4.78 is 6.62. The molecule has 3 aliphatic carbocycles. The summed E-state index contributed by atoms with van der Waals surface area (Å²) in [5.74, 6) is 1.23. The van der Waals surface area contributed by atoms with E-state index >= 15 is 0 Å². The molecular formula is C28H26ClN3O4. The van der Waals surface area contributed by atoms with Crippen molar-refractivity contribution in [2.24, 2.45) is 5.92 Å². The Hall–Kier alpha value is -2.87. The fourth-order valence-electron chi connectivity index (χ4n) is 8.20. The number of rotatable bonds is 2. The van der Waals surface area contributed by atoms with Gasteiger partial charge in [-0.1, -0.05) is 12.1 Å². The van der Waals surface area contributed by atoms with Crippen LogP contribution in [0, 0.1) is 5.92 Å². The second kappa shape index (κ2) is 6.52. The molecule has 1 saturated carbocycles. The maximum absolute atomic E-state index is 12.9. The molecule has 3 aromatic rings. The largest absolute Gasteiger partial charge is 0.504 e.